The van der Waals surface area contributed by atoms with E-state index in [0.717, 1.165) is 23.4 Å². The molecule has 0 saturated heterocycles. The Labute approximate surface area is 130 Å². The minimum atomic E-state index is -0.385. The average Bonchev–Trinajstić information content (AvgIpc) is 2.43. The van der Waals surface area contributed by atoms with Crippen LogP contribution in [0.25, 0.3) is 0 Å². The minimum absolute atomic E-state index is 0.163. The molecule has 4 heteroatoms. The molecule has 0 atom stereocenters. The van der Waals surface area contributed by atoms with Crippen molar-refractivity contribution in [3.8, 4) is 11.5 Å². The predicted octanol–water partition coefficient (Wildman–Crippen LogP) is 4.15. The van der Waals surface area contributed by atoms with Crippen molar-refractivity contribution in [3.05, 3.63) is 66.0 Å². The van der Waals surface area contributed by atoms with Crippen molar-refractivity contribution >= 4 is 5.69 Å². The number of hydrogen-bond donors (Lipinski definition) is 1. The fourth-order valence-corrected chi connectivity index (χ4v) is 2.19. The third kappa shape index (κ3) is 4.33. The summed E-state index contributed by atoms with van der Waals surface area (Å²) in [4.78, 5) is 2.06. The Balaban J connectivity index is 2.28. The molecule has 2 aromatic carbocycles. The SMILES string of the molecule is C=C(F)Cc1ccc(N)c(Oc2ccccc2CN(C)C)c1. The lowest BCUT2D eigenvalue weighted by Gasteiger charge is -2.16. The van der Waals surface area contributed by atoms with Crippen LogP contribution in [-0.2, 0) is 13.0 Å². The number of nitrogens with two attached hydrogens (primary N) is 1. The van der Waals surface area contributed by atoms with Gasteiger partial charge >= 0.3 is 0 Å². The highest BCUT2D eigenvalue weighted by Crippen LogP contribution is 2.31. The Morgan fingerprint density at radius 2 is 1.91 bits per heavy atom. The molecule has 0 fully saturated rings. The van der Waals surface area contributed by atoms with Gasteiger partial charge in [0, 0.05) is 18.5 Å². The molecule has 22 heavy (non-hydrogen) atoms. The molecule has 0 aliphatic rings. The van der Waals surface area contributed by atoms with Crippen LogP contribution in [0.3, 0.4) is 0 Å². The Hall–Kier alpha value is -2.33. The fraction of sp³-hybridized carbons (Fsp3) is 0.222. The number of rotatable bonds is 6. The van der Waals surface area contributed by atoms with Crippen molar-refractivity contribution in [2.75, 3.05) is 19.8 Å². The highest BCUT2D eigenvalue weighted by molar-refractivity contribution is 5.56. The molecule has 0 radical (unpaired) electrons. The van der Waals surface area contributed by atoms with Crippen LogP contribution in [0.15, 0.2) is 54.9 Å². The number of allylic oxidation sites excluding steroid dienone is 1. The van der Waals surface area contributed by atoms with Crippen molar-refractivity contribution < 1.29 is 9.13 Å². The zero-order chi connectivity index (χ0) is 16.1. The lowest BCUT2D eigenvalue weighted by atomic mass is 10.1. The third-order valence-electron chi connectivity index (χ3n) is 3.15. The summed E-state index contributed by atoms with van der Waals surface area (Å²) in [7, 11) is 4.00. The Morgan fingerprint density at radius 3 is 2.59 bits per heavy atom. The van der Waals surface area contributed by atoms with Gasteiger partial charge in [-0.15, -0.1) is 0 Å². The average molecular weight is 300 g/mol. The zero-order valence-electron chi connectivity index (χ0n) is 13.0. The van der Waals surface area contributed by atoms with E-state index < -0.39 is 0 Å². The van der Waals surface area contributed by atoms with Crippen LogP contribution in [0.4, 0.5) is 10.1 Å². The normalized spacial score (nSPS) is 10.7. The standard InChI is InChI=1S/C18H21FN2O/c1-13(19)10-14-8-9-16(20)18(11-14)22-17-7-5-4-6-15(17)12-21(2)3/h4-9,11H,1,10,12,20H2,2-3H3. The summed E-state index contributed by atoms with van der Waals surface area (Å²) in [5.74, 6) is 0.896. The highest BCUT2D eigenvalue weighted by Gasteiger charge is 2.09. The summed E-state index contributed by atoms with van der Waals surface area (Å²) in [5.41, 5.74) is 8.33. The summed E-state index contributed by atoms with van der Waals surface area (Å²) >= 11 is 0. The van der Waals surface area contributed by atoms with E-state index in [1.807, 2.05) is 38.4 Å². The molecule has 0 saturated carbocycles. The maximum atomic E-state index is 13.0. The van der Waals surface area contributed by atoms with E-state index in [-0.39, 0.29) is 12.2 Å². The molecular formula is C18H21FN2O. The van der Waals surface area contributed by atoms with Crippen molar-refractivity contribution in [1.29, 1.82) is 0 Å². The van der Waals surface area contributed by atoms with Crippen LogP contribution < -0.4 is 10.5 Å². The largest absolute Gasteiger partial charge is 0.455 e. The van der Waals surface area contributed by atoms with Crippen molar-refractivity contribution in [2.24, 2.45) is 0 Å². The molecule has 2 rings (SSSR count). The third-order valence-corrected chi connectivity index (χ3v) is 3.15. The summed E-state index contributed by atoms with van der Waals surface area (Å²) in [5, 5.41) is 0. The maximum absolute atomic E-state index is 13.0. The van der Waals surface area contributed by atoms with Gasteiger partial charge in [0.15, 0.2) is 5.75 Å². The van der Waals surface area contributed by atoms with Crippen LogP contribution in [0.5, 0.6) is 11.5 Å². The van der Waals surface area contributed by atoms with Gasteiger partial charge in [0.25, 0.3) is 0 Å². The molecule has 0 amide bonds. The highest BCUT2D eigenvalue weighted by atomic mass is 19.1. The number of para-hydroxylation sites is 1. The molecule has 0 aromatic heterocycles. The molecular weight excluding hydrogens is 279 g/mol. The molecule has 3 nitrogen and oxygen atoms in total. The summed E-state index contributed by atoms with van der Waals surface area (Å²) < 4.78 is 18.9. The van der Waals surface area contributed by atoms with Crippen LogP contribution in [0.1, 0.15) is 11.1 Å². The van der Waals surface area contributed by atoms with E-state index in [1.54, 1.807) is 18.2 Å². The van der Waals surface area contributed by atoms with Crippen LogP contribution in [-0.4, -0.2) is 19.0 Å². The van der Waals surface area contributed by atoms with Gasteiger partial charge in [-0.3, -0.25) is 0 Å². The molecule has 0 bridgehead atoms. The first-order valence-corrected chi connectivity index (χ1v) is 7.08. The zero-order valence-corrected chi connectivity index (χ0v) is 13.0. The summed E-state index contributed by atoms with van der Waals surface area (Å²) in [6, 6.07) is 13.1. The minimum Gasteiger partial charge on any atom is -0.455 e. The lowest BCUT2D eigenvalue weighted by Crippen LogP contribution is -2.11. The van der Waals surface area contributed by atoms with Crippen molar-refractivity contribution in [2.45, 2.75) is 13.0 Å². The Morgan fingerprint density at radius 1 is 1.18 bits per heavy atom. The van der Waals surface area contributed by atoms with E-state index in [4.69, 9.17) is 10.5 Å². The Kier molecular flexibility index (Phi) is 5.17. The van der Waals surface area contributed by atoms with Crippen LogP contribution in [0, 0.1) is 0 Å². The monoisotopic (exact) mass is 300 g/mol. The molecule has 0 heterocycles. The van der Waals surface area contributed by atoms with Crippen LogP contribution >= 0.6 is 0 Å². The fourth-order valence-electron chi connectivity index (χ4n) is 2.19. The van der Waals surface area contributed by atoms with Crippen molar-refractivity contribution in [3.63, 3.8) is 0 Å². The van der Waals surface area contributed by atoms with Gasteiger partial charge in [0.2, 0.25) is 0 Å². The Bertz CT molecular complexity index is 668. The maximum Gasteiger partial charge on any atom is 0.150 e. The molecule has 0 aliphatic heterocycles. The van der Waals surface area contributed by atoms with E-state index in [1.165, 1.54) is 0 Å². The topological polar surface area (TPSA) is 38.5 Å². The van der Waals surface area contributed by atoms with Gasteiger partial charge in [-0.2, -0.15) is 0 Å². The molecule has 0 aliphatic carbocycles. The number of hydrogen-bond acceptors (Lipinski definition) is 3. The van der Waals surface area contributed by atoms with Gasteiger partial charge in [-0.05, 0) is 37.9 Å². The number of benzene rings is 2. The lowest BCUT2D eigenvalue weighted by molar-refractivity contribution is 0.389. The second kappa shape index (κ2) is 7.09. The van der Waals surface area contributed by atoms with Gasteiger partial charge in [-0.25, -0.2) is 4.39 Å². The second-order valence-corrected chi connectivity index (χ2v) is 5.51. The van der Waals surface area contributed by atoms with E-state index in [9.17, 15) is 4.39 Å². The first-order valence-electron chi connectivity index (χ1n) is 7.08. The van der Waals surface area contributed by atoms with E-state index in [2.05, 4.69) is 11.5 Å². The molecule has 2 aromatic rings. The molecule has 0 unspecified atom stereocenters. The number of nitrogens with zero attached hydrogens (tertiary/aromatic N) is 1. The van der Waals surface area contributed by atoms with Gasteiger partial charge in [0.05, 0.1) is 11.5 Å². The molecule has 2 N–H and O–H groups in total. The van der Waals surface area contributed by atoms with Crippen molar-refractivity contribution in [1.82, 2.24) is 4.90 Å². The van der Waals surface area contributed by atoms with Crippen LogP contribution in [0.2, 0.25) is 0 Å². The first kappa shape index (κ1) is 16.0. The number of ether oxygens (including phenoxy) is 1. The van der Waals surface area contributed by atoms with E-state index in [0.29, 0.717) is 11.4 Å². The number of nitrogen functional groups attached to an aromatic ring is 1. The molecule has 116 valence electrons. The van der Waals surface area contributed by atoms with Gasteiger partial charge in [-0.1, -0.05) is 30.8 Å². The number of halogens is 1. The summed E-state index contributed by atoms with van der Waals surface area (Å²) in [6.07, 6.45) is 0.163. The quantitative estimate of drug-likeness (QED) is 0.815. The second-order valence-electron chi connectivity index (χ2n) is 5.51. The predicted molar refractivity (Wildman–Crippen MR) is 88.7 cm³/mol. The number of anilines is 1. The van der Waals surface area contributed by atoms with E-state index >= 15 is 0 Å². The molecule has 0 spiro atoms. The van der Waals surface area contributed by atoms with Gasteiger partial charge < -0.3 is 15.4 Å². The summed E-state index contributed by atoms with van der Waals surface area (Å²) in [6.45, 7) is 4.05. The smallest absolute Gasteiger partial charge is 0.150 e. The van der Waals surface area contributed by atoms with Gasteiger partial charge in [0.1, 0.15) is 5.75 Å². The first-order chi connectivity index (χ1) is 10.5.